The first-order valence-electron chi connectivity index (χ1n) is 6.33. The van der Waals surface area contributed by atoms with Gasteiger partial charge in [-0.1, -0.05) is 25.4 Å². The summed E-state index contributed by atoms with van der Waals surface area (Å²) in [5.41, 5.74) is -0.491. The van der Waals surface area contributed by atoms with Gasteiger partial charge in [0.2, 0.25) is 0 Å². The van der Waals surface area contributed by atoms with Gasteiger partial charge < -0.3 is 10.4 Å². The maximum absolute atomic E-state index is 12.1. The van der Waals surface area contributed by atoms with Gasteiger partial charge in [0.15, 0.2) is 0 Å². The van der Waals surface area contributed by atoms with Crippen LogP contribution in [0.25, 0.3) is 0 Å². The van der Waals surface area contributed by atoms with E-state index in [1.54, 1.807) is 18.2 Å². The number of aliphatic carboxylic acids is 1. The fourth-order valence-corrected chi connectivity index (χ4v) is 2.76. The van der Waals surface area contributed by atoms with Crippen LogP contribution < -0.4 is 5.32 Å². The van der Waals surface area contributed by atoms with Crippen molar-refractivity contribution < 1.29 is 14.7 Å². The van der Waals surface area contributed by atoms with E-state index in [0.29, 0.717) is 27.9 Å². The lowest BCUT2D eigenvalue weighted by atomic mass is 9.82. The Bertz CT molecular complexity index is 515. The van der Waals surface area contributed by atoms with Gasteiger partial charge >= 0.3 is 5.97 Å². The Morgan fingerprint density at radius 3 is 2.40 bits per heavy atom. The number of carbonyl (C=O) groups is 2. The highest BCUT2D eigenvalue weighted by Gasteiger charge is 2.35. The van der Waals surface area contributed by atoms with Crippen LogP contribution in [0.3, 0.4) is 0 Å². The number of rotatable bonds is 6. The van der Waals surface area contributed by atoms with Crippen molar-refractivity contribution in [1.82, 2.24) is 5.32 Å². The van der Waals surface area contributed by atoms with E-state index in [2.05, 4.69) is 21.2 Å². The molecule has 0 aliphatic carbocycles. The molecule has 2 N–H and O–H groups in total. The molecular weight excluding hydrogens is 346 g/mol. The van der Waals surface area contributed by atoms with Crippen molar-refractivity contribution in [3.8, 4) is 0 Å². The van der Waals surface area contributed by atoms with Gasteiger partial charge in [0.1, 0.15) is 0 Å². The summed E-state index contributed by atoms with van der Waals surface area (Å²) in [6, 6.07) is 4.84. The third kappa shape index (κ3) is 3.73. The van der Waals surface area contributed by atoms with Crippen LogP contribution >= 0.6 is 27.5 Å². The van der Waals surface area contributed by atoms with E-state index < -0.39 is 11.4 Å². The van der Waals surface area contributed by atoms with Crippen LogP contribution in [0, 0.1) is 5.41 Å². The summed E-state index contributed by atoms with van der Waals surface area (Å²) in [7, 11) is 0. The Kier molecular flexibility index (Phi) is 6.02. The van der Waals surface area contributed by atoms with Crippen molar-refractivity contribution in [3.63, 3.8) is 0 Å². The minimum atomic E-state index is -0.922. The van der Waals surface area contributed by atoms with Crippen LogP contribution in [0.5, 0.6) is 0 Å². The summed E-state index contributed by atoms with van der Waals surface area (Å²) in [5, 5.41) is 12.5. The molecular formula is C14H17BrClNO3. The van der Waals surface area contributed by atoms with Gasteiger partial charge in [-0.15, -0.1) is 0 Å². The quantitative estimate of drug-likeness (QED) is 0.810. The van der Waals surface area contributed by atoms with Gasteiger partial charge in [-0.25, -0.2) is 0 Å². The zero-order valence-corrected chi connectivity index (χ0v) is 13.7. The molecule has 1 amide bonds. The SMILES string of the molecule is CCC(CC)(CNC(=O)c1ccc(Cl)cc1Br)C(=O)O. The predicted molar refractivity (Wildman–Crippen MR) is 82.1 cm³/mol. The lowest BCUT2D eigenvalue weighted by molar-refractivity contribution is -0.149. The van der Waals surface area contributed by atoms with Gasteiger partial charge in [-0.3, -0.25) is 9.59 Å². The van der Waals surface area contributed by atoms with E-state index in [0.717, 1.165) is 0 Å². The topological polar surface area (TPSA) is 66.4 Å². The molecule has 1 aromatic carbocycles. The number of carbonyl (C=O) groups excluding carboxylic acids is 1. The van der Waals surface area contributed by atoms with Crippen molar-refractivity contribution in [2.75, 3.05) is 6.54 Å². The van der Waals surface area contributed by atoms with Crippen LogP contribution in [0.2, 0.25) is 5.02 Å². The maximum atomic E-state index is 12.1. The van der Waals surface area contributed by atoms with Crippen LogP contribution in [-0.2, 0) is 4.79 Å². The Morgan fingerprint density at radius 2 is 1.95 bits per heavy atom. The molecule has 0 heterocycles. The second kappa shape index (κ2) is 7.09. The number of carboxylic acids is 1. The molecule has 1 rings (SSSR count). The third-order valence-electron chi connectivity index (χ3n) is 3.57. The molecule has 6 heteroatoms. The lowest BCUT2D eigenvalue weighted by Gasteiger charge is -2.26. The van der Waals surface area contributed by atoms with Gasteiger partial charge in [0, 0.05) is 16.0 Å². The molecule has 0 aliphatic rings. The zero-order chi connectivity index (χ0) is 15.3. The molecule has 110 valence electrons. The summed E-state index contributed by atoms with van der Waals surface area (Å²) in [6.07, 6.45) is 0.918. The number of nitrogens with one attached hydrogen (secondary N) is 1. The van der Waals surface area contributed by atoms with E-state index in [-0.39, 0.29) is 12.5 Å². The van der Waals surface area contributed by atoms with Gasteiger partial charge in [-0.05, 0) is 47.0 Å². The normalized spacial score (nSPS) is 11.2. The maximum Gasteiger partial charge on any atom is 0.311 e. The van der Waals surface area contributed by atoms with Crippen LogP contribution in [0.15, 0.2) is 22.7 Å². The van der Waals surface area contributed by atoms with Crippen LogP contribution in [0.4, 0.5) is 0 Å². The molecule has 0 atom stereocenters. The number of carboxylic acid groups (broad SMARTS) is 1. The zero-order valence-electron chi connectivity index (χ0n) is 11.4. The molecule has 0 saturated carbocycles. The highest BCUT2D eigenvalue weighted by atomic mass is 79.9. The average molecular weight is 363 g/mol. The Balaban J connectivity index is 2.83. The molecule has 0 fully saturated rings. The summed E-state index contributed by atoms with van der Waals surface area (Å²) in [6.45, 7) is 3.72. The van der Waals surface area contributed by atoms with Gasteiger partial charge in [0.05, 0.1) is 11.0 Å². The Hall–Kier alpha value is -1.07. The van der Waals surface area contributed by atoms with E-state index in [9.17, 15) is 14.7 Å². The van der Waals surface area contributed by atoms with E-state index in [4.69, 9.17) is 11.6 Å². The summed E-state index contributed by atoms with van der Waals surface area (Å²) in [4.78, 5) is 23.5. The Morgan fingerprint density at radius 1 is 1.35 bits per heavy atom. The number of hydrogen-bond acceptors (Lipinski definition) is 2. The second-order valence-corrected chi connectivity index (χ2v) is 5.89. The standard InChI is InChI=1S/C14H17BrClNO3/c1-3-14(4-2,13(19)20)8-17-12(18)10-6-5-9(16)7-11(10)15/h5-7H,3-4,8H2,1-2H3,(H,17,18)(H,19,20). The van der Waals surface area contributed by atoms with Crippen molar-refractivity contribution in [2.45, 2.75) is 26.7 Å². The van der Waals surface area contributed by atoms with Crippen LogP contribution in [-0.4, -0.2) is 23.5 Å². The molecule has 0 bridgehead atoms. The number of amides is 1. The van der Waals surface area contributed by atoms with Crippen molar-refractivity contribution in [1.29, 1.82) is 0 Å². The molecule has 0 radical (unpaired) electrons. The lowest BCUT2D eigenvalue weighted by Crippen LogP contribution is -2.42. The average Bonchev–Trinajstić information content (AvgIpc) is 2.39. The molecule has 0 aromatic heterocycles. The van der Waals surface area contributed by atoms with E-state index in [1.165, 1.54) is 0 Å². The largest absolute Gasteiger partial charge is 0.481 e. The fraction of sp³-hybridized carbons (Fsp3) is 0.429. The molecule has 0 saturated heterocycles. The smallest absolute Gasteiger partial charge is 0.311 e. The fourth-order valence-electron chi connectivity index (χ4n) is 1.90. The first-order chi connectivity index (χ1) is 9.36. The Labute approximate surface area is 131 Å². The van der Waals surface area contributed by atoms with Crippen molar-refractivity contribution in [3.05, 3.63) is 33.3 Å². The molecule has 4 nitrogen and oxygen atoms in total. The number of halogens is 2. The first-order valence-corrected chi connectivity index (χ1v) is 7.50. The monoisotopic (exact) mass is 361 g/mol. The van der Waals surface area contributed by atoms with Crippen molar-refractivity contribution in [2.24, 2.45) is 5.41 Å². The third-order valence-corrected chi connectivity index (χ3v) is 4.46. The predicted octanol–water partition coefficient (Wildman–Crippen LogP) is 3.72. The first kappa shape index (κ1) is 17.0. The highest BCUT2D eigenvalue weighted by molar-refractivity contribution is 9.10. The molecule has 1 aromatic rings. The molecule has 0 spiro atoms. The summed E-state index contributed by atoms with van der Waals surface area (Å²) >= 11 is 9.09. The molecule has 0 unspecified atom stereocenters. The van der Waals surface area contributed by atoms with Gasteiger partial charge in [0.25, 0.3) is 5.91 Å². The van der Waals surface area contributed by atoms with E-state index in [1.807, 2.05) is 13.8 Å². The molecule has 0 aliphatic heterocycles. The van der Waals surface area contributed by atoms with Crippen molar-refractivity contribution >= 4 is 39.4 Å². The van der Waals surface area contributed by atoms with Gasteiger partial charge in [-0.2, -0.15) is 0 Å². The minimum Gasteiger partial charge on any atom is -0.481 e. The highest BCUT2D eigenvalue weighted by Crippen LogP contribution is 2.26. The second-order valence-electron chi connectivity index (χ2n) is 4.60. The number of hydrogen-bond donors (Lipinski definition) is 2. The van der Waals surface area contributed by atoms with Crippen LogP contribution in [0.1, 0.15) is 37.0 Å². The minimum absolute atomic E-state index is 0.100. The summed E-state index contributed by atoms with van der Waals surface area (Å²) < 4.78 is 0.580. The van der Waals surface area contributed by atoms with E-state index >= 15 is 0 Å². The summed E-state index contributed by atoms with van der Waals surface area (Å²) in [5.74, 6) is -1.21. The molecule has 20 heavy (non-hydrogen) atoms. The number of benzene rings is 1.